The van der Waals surface area contributed by atoms with Crippen LogP contribution < -0.4 is 0 Å². The fourth-order valence-corrected chi connectivity index (χ4v) is 2.84. The number of nitrogens with zero attached hydrogens (tertiary/aromatic N) is 2. The predicted molar refractivity (Wildman–Crippen MR) is 60.9 cm³/mol. The van der Waals surface area contributed by atoms with E-state index in [1.807, 2.05) is 0 Å². The van der Waals surface area contributed by atoms with Crippen LogP contribution >= 0.6 is 12.2 Å². The second-order valence-corrected chi connectivity index (χ2v) is 4.94. The van der Waals surface area contributed by atoms with Crippen molar-refractivity contribution in [3.8, 4) is 0 Å². The van der Waals surface area contributed by atoms with Crippen LogP contribution in [0.25, 0.3) is 0 Å². The predicted octanol–water partition coefficient (Wildman–Crippen LogP) is 2.10. The van der Waals surface area contributed by atoms with Gasteiger partial charge >= 0.3 is 0 Å². The van der Waals surface area contributed by atoms with E-state index in [1.54, 1.807) is 0 Å². The molecule has 0 aliphatic carbocycles. The van der Waals surface area contributed by atoms with Crippen LogP contribution in [0.2, 0.25) is 0 Å². The van der Waals surface area contributed by atoms with Gasteiger partial charge < -0.3 is 9.80 Å². The minimum Gasteiger partial charge on any atom is -0.347 e. The van der Waals surface area contributed by atoms with Crippen molar-refractivity contribution < 1.29 is 0 Å². The molecule has 1 aliphatic rings. The lowest BCUT2D eigenvalue weighted by Gasteiger charge is -2.34. The van der Waals surface area contributed by atoms with Gasteiger partial charge in [-0.1, -0.05) is 0 Å². The lowest BCUT2D eigenvalue weighted by Crippen LogP contribution is -2.46. The molecule has 0 spiro atoms. The minimum absolute atomic E-state index is 0.196. The Balaban J connectivity index is 2.88. The minimum atomic E-state index is 0.196. The van der Waals surface area contributed by atoms with Crippen molar-refractivity contribution in [2.24, 2.45) is 0 Å². The van der Waals surface area contributed by atoms with Crippen LogP contribution in [0, 0.1) is 0 Å². The summed E-state index contributed by atoms with van der Waals surface area (Å²) >= 11 is 5.44. The van der Waals surface area contributed by atoms with E-state index in [4.69, 9.17) is 12.2 Å². The molecule has 0 saturated carbocycles. The lowest BCUT2D eigenvalue weighted by atomic mass is 10.0. The van der Waals surface area contributed by atoms with Crippen molar-refractivity contribution in [1.82, 2.24) is 9.80 Å². The SMILES string of the molecule is CCN1CC(C)(C)N(C(C)C)C1=S. The maximum absolute atomic E-state index is 5.44. The zero-order chi connectivity index (χ0) is 10.2. The van der Waals surface area contributed by atoms with E-state index in [0.717, 1.165) is 18.2 Å². The Morgan fingerprint density at radius 2 is 2.00 bits per heavy atom. The Kier molecular flexibility index (Phi) is 2.85. The molecule has 0 aromatic rings. The van der Waals surface area contributed by atoms with E-state index in [1.165, 1.54) is 0 Å². The number of hydrogen-bond acceptors (Lipinski definition) is 1. The summed E-state index contributed by atoms with van der Waals surface area (Å²) < 4.78 is 0. The first-order valence-electron chi connectivity index (χ1n) is 4.98. The van der Waals surface area contributed by atoms with Crippen molar-refractivity contribution in [3.05, 3.63) is 0 Å². The van der Waals surface area contributed by atoms with Gasteiger partial charge in [-0.3, -0.25) is 0 Å². The molecule has 0 N–H and O–H groups in total. The van der Waals surface area contributed by atoms with Crippen LogP contribution in [-0.2, 0) is 0 Å². The summed E-state index contributed by atoms with van der Waals surface area (Å²) in [4.78, 5) is 4.61. The van der Waals surface area contributed by atoms with Crippen LogP contribution in [0.4, 0.5) is 0 Å². The Morgan fingerprint density at radius 3 is 2.23 bits per heavy atom. The Hall–Kier alpha value is -0.310. The van der Waals surface area contributed by atoms with E-state index in [9.17, 15) is 0 Å². The molecule has 1 fully saturated rings. The molecular weight excluding hydrogens is 180 g/mol. The fourth-order valence-electron chi connectivity index (χ4n) is 2.19. The van der Waals surface area contributed by atoms with Crippen LogP contribution in [0.15, 0.2) is 0 Å². The van der Waals surface area contributed by atoms with Gasteiger partial charge in [0.1, 0.15) is 0 Å². The van der Waals surface area contributed by atoms with Crippen LogP contribution in [-0.4, -0.2) is 39.6 Å². The van der Waals surface area contributed by atoms with Gasteiger partial charge in [-0.15, -0.1) is 0 Å². The number of likely N-dealkylation sites (N-methyl/N-ethyl adjacent to an activating group) is 1. The highest BCUT2D eigenvalue weighted by Gasteiger charge is 2.40. The zero-order valence-corrected chi connectivity index (χ0v) is 10.1. The second-order valence-electron chi connectivity index (χ2n) is 4.57. The van der Waals surface area contributed by atoms with Gasteiger partial charge in [0.25, 0.3) is 0 Å². The fraction of sp³-hybridized carbons (Fsp3) is 0.900. The molecular formula is C10H20N2S. The first-order valence-corrected chi connectivity index (χ1v) is 5.39. The maximum atomic E-state index is 5.44. The summed E-state index contributed by atoms with van der Waals surface area (Å²) in [6.07, 6.45) is 0. The molecule has 0 bridgehead atoms. The quantitative estimate of drug-likeness (QED) is 0.630. The number of hydrogen-bond donors (Lipinski definition) is 0. The highest BCUT2D eigenvalue weighted by atomic mass is 32.1. The number of rotatable bonds is 2. The third-order valence-electron chi connectivity index (χ3n) is 2.60. The highest BCUT2D eigenvalue weighted by molar-refractivity contribution is 7.80. The van der Waals surface area contributed by atoms with Crippen molar-refractivity contribution in [2.45, 2.75) is 46.2 Å². The van der Waals surface area contributed by atoms with Gasteiger partial charge in [-0.2, -0.15) is 0 Å². The smallest absolute Gasteiger partial charge is 0.172 e. The average Bonchev–Trinajstić information content (AvgIpc) is 2.20. The molecule has 0 unspecified atom stereocenters. The lowest BCUT2D eigenvalue weighted by molar-refractivity contribution is 0.208. The summed E-state index contributed by atoms with van der Waals surface area (Å²) in [5.74, 6) is 0. The standard InChI is InChI=1S/C10H20N2S/c1-6-11-7-10(4,5)12(8(2)3)9(11)13/h8H,6-7H2,1-5H3. The molecule has 0 atom stereocenters. The topological polar surface area (TPSA) is 6.48 Å². The van der Waals surface area contributed by atoms with Gasteiger partial charge in [0.15, 0.2) is 5.11 Å². The monoisotopic (exact) mass is 200 g/mol. The summed E-state index contributed by atoms with van der Waals surface area (Å²) in [6.45, 7) is 13.2. The van der Waals surface area contributed by atoms with Crippen molar-refractivity contribution in [1.29, 1.82) is 0 Å². The van der Waals surface area contributed by atoms with Crippen molar-refractivity contribution in [2.75, 3.05) is 13.1 Å². The molecule has 0 radical (unpaired) electrons. The third kappa shape index (κ3) is 1.80. The largest absolute Gasteiger partial charge is 0.347 e. The van der Waals surface area contributed by atoms with Gasteiger partial charge in [0, 0.05) is 19.1 Å². The summed E-state index contributed by atoms with van der Waals surface area (Å²) in [7, 11) is 0. The van der Waals surface area contributed by atoms with Crippen LogP contribution in [0.3, 0.4) is 0 Å². The first-order chi connectivity index (χ1) is 5.90. The average molecular weight is 200 g/mol. The molecule has 13 heavy (non-hydrogen) atoms. The summed E-state index contributed by atoms with van der Waals surface area (Å²) in [6, 6.07) is 0.499. The molecule has 1 aliphatic heterocycles. The normalized spacial score (nSPS) is 21.8. The molecule has 0 aromatic carbocycles. The molecule has 1 saturated heterocycles. The Bertz CT molecular complexity index is 211. The molecule has 1 rings (SSSR count). The summed E-state index contributed by atoms with van der Waals surface area (Å²) in [5.41, 5.74) is 0.196. The van der Waals surface area contributed by atoms with E-state index in [0.29, 0.717) is 6.04 Å². The van der Waals surface area contributed by atoms with Crippen LogP contribution in [0.5, 0.6) is 0 Å². The van der Waals surface area contributed by atoms with Gasteiger partial charge in [0.05, 0.1) is 5.54 Å². The molecule has 76 valence electrons. The van der Waals surface area contributed by atoms with E-state index in [2.05, 4.69) is 44.4 Å². The molecule has 3 heteroatoms. The van der Waals surface area contributed by atoms with Gasteiger partial charge in [-0.05, 0) is 46.8 Å². The van der Waals surface area contributed by atoms with Gasteiger partial charge in [-0.25, -0.2) is 0 Å². The highest BCUT2D eigenvalue weighted by Crippen LogP contribution is 2.27. The third-order valence-corrected chi connectivity index (χ3v) is 3.06. The van der Waals surface area contributed by atoms with Crippen LogP contribution in [0.1, 0.15) is 34.6 Å². The van der Waals surface area contributed by atoms with E-state index >= 15 is 0 Å². The zero-order valence-electron chi connectivity index (χ0n) is 9.29. The molecule has 0 aromatic heterocycles. The molecule has 1 heterocycles. The molecule has 2 nitrogen and oxygen atoms in total. The van der Waals surface area contributed by atoms with Gasteiger partial charge in [0.2, 0.25) is 0 Å². The van der Waals surface area contributed by atoms with Crippen molar-refractivity contribution in [3.63, 3.8) is 0 Å². The first kappa shape index (κ1) is 10.8. The molecule has 0 amide bonds. The maximum Gasteiger partial charge on any atom is 0.172 e. The second kappa shape index (κ2) is 3.45. The summed E-state index contributed by atoms with van der Waals surface area (Å²) in [5, 5.41) is 1.02. The van der Waals surface area contributed by atoms with E-state index in [-0.39, 0.29) is 5.54 Å². The van der Waals surface area contributed by atoms with E-state index < -0.39 is 0 Å². The Morgan fingerprint density at radius 1 is 1.46 bits per heavy atom. The van der Waals surface area contributed by atoms with Crippen molar-refractivity contribution >= 4 is 17.3 Å². The number of thiocarbonyl (C=S) groups is 1. The Labute approximate surface area is 86.9 Å².